The molecule has 0 heterocycles. The molecule has 1 N–H and O–H groups in total. The van der Waals surface area contributed by atoms with Gasteiger partial charge in [-0.1, -0.05) is 78.9 Å². The van der Waals surface area contributed by atoms with Crippen molar-refractivity contribution in [2.24, 2.45) is 0 Å². The van der Waals surface area contributed by atoms with Crippen molar-refractivity contribution in [3.63, 3.8) is 0 Å². The average Bonchev–Trinajstić information content (AvgIpc) is 2.69. The van der Waals surface area contributed by atoms with E-state index in [0.717, 1.165) is 12.0 Å². The second-order valence-electron chi connectivity index (χ2n) is 6.12. The molecule has 3 heteroatoms. The van der Waals surface area contributed by atoms with Gasteiger partial charge in [0.1, 0.15) is 0 Å². The fourth-order valence-corrected chi connectivity index (χ4v) is 2.86. The van der Waals surface area contributed by atoms with Crippen molar-refractivity contribution in [1.82, 2.24) is 5.32 Å². The molecule has 0 aliphatic rings. The number of amides is 1. The number of benzene rings is 3. The number of carbonyl (C=O) groups excluding carboxylic acids is 2. The maximum Gasteiger partial charge on any atom is 0.252 e. The molecule has 0 aliphatic heterocycles. The van der Waals surface area contributed by atoms with Crippen LogP contribution in [-0.4, -0.2) is 18.2 Å². The quantitative estimate of drug-likeness (QED) is 0.657. The van der Waals surface area contributed by atoms with Crippen LogP contribution >= 0.6 is 0 Å². The zero-order chi connectivity index (χ0) is 18.2. The molecule has 0 aliphatic carbocycles. The molecule has 3 aromatic carbocycles. The first kappa shape index (κ1) is 17.6. The second kappa shape index (κ2) is 8.77. The van der Waals surface area contributed by atoms with Crippen LogP contribution in [0.15, 0.2) is 84.9 Å². The Morgan fingerprint density at radius 2 is 1.19 bits per heavy atom. The summed E-state index contributed by atoms with van der Waals surface area (Å²) >= 11 is 0. The number of ketones is 1. The molecule has 0 bridgehead atoms. The summed E-state index contributed by atoms with van der Waals surface area (Å²) in [7, 11) is 0. The zero-order valence-corrected chi connectivity index (χ0v) is 14.5. The van der Waals surface area contributed by atoms with E-state index in [4.69, 9.17) is 0 Å². The summed E-state index contributed by atoms with van der Waals surface area (Å²) in [5.41, 5.74) is 3.01. The van der Waals surface area contributed by atoms with Gasteiger partial charge in [-0.05, 0) is 23.6 Å². The monoisotopic (exact) mass is 343 g/mol. The second-order valence-corrected chi connectivity index (χ2v) is 6.12. The summed E-state index contributed by atoms with van der Waals surface area (Å²) < 4.78 is 0. The highest BCUT2D eigenvalue weighted by atomic mass is 16.2. The van der Waals surface area contributed by atoms with E-state index >= 15 is 0 Å². The van der Waals surface area contributed by atoms with E-state index in [0.29, 0.717) is 17.7 Å². The summed E-state index contributed by atoms with van der Waals surface area (Å²) in [4.78, 5) is 25.2. The van der Waals surface area contributed by atoms with Crippen LogP contribution in [0.5, 0.6) is 0 Å². The van der Waals surface area contributed by atoms with Crippen LogP contribution in [0, 0.1) is 0 Å². The van der Waals surface area contributed by atoms with Crippen LogP contribution in [0.3, 0.4) is 0 Å². The highest BCUT2D eigenvalue weighted by molar-refractivity contribution is 6.08. The lowest BCUT2D eigenvalue weighted by molar-refractivity contribution is 0.0934. The molecule has 0 saturated carbocycles. The molecule has 3 nitrogen and oxygen atoms in total. The Balaban J connectivity index is 1.66. The van der Waals surface area contributed by atoms with E-state index in [1.807, 2.05) is 60.7 Å². The predicted octanol–water partition coefficient (Wildman–Crippen LogP) is 4.08. The van der Waals surface area contributed by atoms with E-state index in [1.54, 1.807) is 24.3 Å². The number of carbonyl (C=O) groups is 2. The normalized spacial score (nSPS) is 10.3. The minimum atomic E-state index is -0.210. The van der Waals surface area contributed by atoms with Gasteiger partial charge in [-0.15, -0.1) is 0 Å². The number of Topliss-reactive ketones (excluding diaryl/α,β-unsaturated/α-hetero) is 1. The van der Waals surface area contributed by atoms with Crippen LogP contribution < -0.4 is 5.32 Å². The summed E-state index contributed by atoms with van der Waals surface area (Å²) in [5, 5.41) is 2.92. The maximum absolute atomic E-state index is 12.7. The highest BCUT2D eigenvalue weighted by Crippen LogP contribution is 2.13. The van der Waals surface area contributed by atoms with E-state index < -0.39 is 0 Å². The first-order chi connectivity index (χ1) is 12.7. The molecular weight excluding hydrogens is 322 g/mol. The maximum atomic E-state index is 12.7. The van der Waals surface area contributed by atoms with Gasteiger partial charge in [-0.2, -0.15) is 0 Å². The molecule has 0 unspecified atom stereocenters. The van der Waals surface area contributed by atoms with Crippen molar-refractivity contribution in [3.05, 3.63) is 107 Å². The van der Waals surface area contributed by atoms with Gasteiger partial charge in [-0.3, -0.25) is 9.59 Å². The van der Waals surface area contributed by atoms with Crippen molar-refractivity contribution in [2.75, 3.05) is 6.54 Å². The molecule has 0 radical (unpaired) electrons. The smallest absolute Gasteiger partial charge is 0.252 e. The predicted molar refractivity (Wildman–Crippen MR) is 103 cm³/mol. The topological polar surface area (TPSA) is 46.2 Å². The molecule has 0 saturated heterocycles. The minimum Gasteiger partial charge on any atom is -0.352 e. The SMILES string of the molecule is O=C(Cc1ccccc1)c1ccccc1C(=O)NCCc1ccccc1. The van der Waals surface area contributed by atoms with Gasteiger partial charge in [0.2, 0.25) is 0 Å². The molecule has 26 heavy (non-hydrogen) atoms. The fourth-order valence-electron chi connectivity index (χ4n) is 2.86. The van der Waals surface area contributed by atoms with Gasteiger partial charge in [0, 0.05) is 18.5 Å². The van der Waals surface area contributed by atoms with Gasteiger partial charge in [0.05, 0.1) is 5.56 Å². The van der Waals surface area contributed by atoms with Crippen LogP contribution in [0.1, 0.15) is 31.8 Å². The highest BCUT2D eigenvalue weighted by Gasteiger charge is 2.16. The molecule has 3 aromatic rings. The molecule has 3 rings (SSSR count). The van der Waals surface area contributed by atoms with Gasteiger partial charge in [0.15, 0.2) is 5.78 Å². The molecule has 0 spiro atoms. The average molecular weight is 343 g/mol. The third-order valence-corrected chi connectivity index (χ3v) is 4.22. The first-order valence-electron chi connectivity index (χ1n) is 8.72. The van der Waals surface area contributed by atoms with Gasteiger partial charge < -0.3 is 5.32 Å². The van der Waals surface area contributed by atoms with E-state index in [1.165, 1.54) is 5.56 Å². The van der Waals surface area contributed by atoms with Crippen LogP contribution in [0.25, 0.3) is 0 Å². The lowest BCUT2D eigenvalue weighted by Crippen LogP contribution is -2.27. The summed E-state index contributed by atoms with van der Waals surface area (Å²) in [6, 6.07) is 26.6. The molecule has 1 amide bonds. The third kappa shape index (κ3) is 4.67. The molecule has 0 aromatic heterocycles. The summed E-state index contributed by atoms with van der Waals surface area (Å²) in [6.07, 6.45) is 1.04. The van der Waals surface area contributed by atoms with E-state index in [2.05, 4.69) is 5.32 Å². The van der Waals surface area contributed by atoms with Crippen LogP contribution in [0.4, 0.5) is 0 Å². The number of hydrogen-bond acceptors (Lipinski definition) is 2. The molecule has 0 atom stereocenters. The Labute approximate surface area is 153 Å². The van der Waals surface area contributed by atoms with Crippen molar-refractivity contribution in [3.8, 4) is 0 Å². The van der Waals surface area contributed by atoms with Gasteiger partial charge >= 0.3 is 0 Å². The Morgan fingerprint density at radius 3 is 1.85 bits per heavy atom. The molecule has 130 valence electrons. The van der Waals surface area contributed by atoms with Crippen molar-refractivity contribution < 1.29 is 9.59 Å². The largest absolute Gasteiger partial charge is 0.352 e. The van der Waals surface area contributed by atoms with E-state index in [9.17, 15) is 9.59 Å². The lowest BCUT2D eigenvalue weighted by Gasteiger charge is -2.10. The molecule has 0 fully saturated rings. The zero-order valence-electron chi connectivity index (χ0n) is 14.5. The number of nitrogens with one attached hydrogen (secondary N) is 1. The Hall–Kier alpha value is -3.20. The van der Waals surface area contributed by atoms with Crippen molar-refractivity contribution in [2.45, 2.75) is 12.8 Å². The third-order valence-electron chi connectivity index (χ3n) is 4.22. The summed E-state index contributed by atoms with van der Waals surface area (Å²) in [5.74, 6) is -0.261. The van der Waals surface area contributed by atoms with Crippen molar-refractivity contribution >= 4 is 11.7 Å². The van der Waals surface area contributed by atoms with Crippen LogP contribution in [-0.2, 0) is 12.8 Å². The van der Waals surface area contributed by atoms with Gasteiger partial charge in [-0.25, -0.2) is 0 Å². The molecular formula is C23H21NO2. The Bertz CT molecular complexity index is 873. The lowest BCUT2D eigenvalue weighted by atomic mass is 9.98. The number of hydrogen-bond donors (Lipinski definition) is 1. The Morgan fingerprint density at radius 1 is 0.654 bits per heavy atom. The van der Waals surface area contributed by atoms with Crippen LogP contribution in [0.2, 0.25) is 0 Å². The van der Waals surface area contributed by atoms with E-state index in [-0.39, 0.29) is 18.1 Å². The first-order valence-corrected chi connectivity index (χ1v) is 8.72. The Kier molecular flexibility index (Phi) is 5.94. The minimum absolute atomic E-state index is 0.0509. The summed E-state index contributed by atoms with van der Waals surface area (Å²) in [6.45, 7) is 0.532. The van der Waals surface area contributed by atoms with Crippen molar-refractivity contribution in [1.29, 1.82) is 0 Å². The van der Waals surface area contributed by atoms with Gasteiger partial charge in [0.25, 0.3) is 5.91 Å². The number of rotatable bonds is 7. The standard InChI is InChI=1S/C23H21NO2/c25-22(17-19-11-5-2-6-12-19)20-13-7-8-14-21(20)23(26)24-16-15-18-9-3-1-4-10-18/h1-14H,15-17H2,(H,24,26). The fraction of sp³-hybridized carbons (Fsp3) is 0.130.